The van der Waals surface area contributed by atoms with Gasteiger partial charge in [0.05, 0.1) is 14.2 Å². The summed E-state index contributed by atoms with van der Waals surface area (Å²) in [7, 11) is 3.35. The van der Waals surface area contributed by atoms with Gasteiger partial charge in [-0.15, -0.1) is 0 Å². The second kappa shape index (κ2) is 6.24. The second-order valence-electron chi connectivity index (χ2n) is 6.38. The van der Waals surface area contributed by atoms with E-state index in [0.717, 1.165) is 35.4 Å². The summed E-state index contributed by atoms with van der Waals surface area (Å²) >= 11 is 0. The topological polar surface area (TPSA) is 47.7 Å². The van der Waals surface area contributed by atoms with Gasteiger partial charge in [0.15, 0.2) is 0 Å². The zero-order valence-corrected chi connectivity index (χ0v) is 13.0. The number of likely N-dealkylation sites (tertiary alicyclic amines) is 1. The molecule has 4 nitrogen and oxygen atoms in total. The van der Waals surface area contributed by atoms with Crippen LogP contribution in [0.5, 0.6) is 11.5 Å². The second-order valence-corrected chi connectivity index (χ2v) is 6.38. The van der Waals surface area contributed by atoms with Crippen LogP contribution in [0.15, 0.2) is 18.2 Å². The smallest absolute Gasteiger partial charge is 0.127 e. The van der Waals surface area contributed by atoms with Crippen LogP contribution in [0.2, 0.25) is 0 Å². The summed E-state index contributed by atoms with van der Waals surface area (Å²) in [6.45, 7) is 3.35. The number of benzene rings is 1. The fourth-order valence-corrected chi connectivity index (χ4v) is 3.98. The van der Waals surface area contributed by atoms with E-state index in [9.17, 15) is 0 Å². The molecule has 0 aromatic heterocycles. The van der Waals surface area contributed by atoms with Crippen molar-refractivity contribution >= 4 is 0 Å². The highest BCUT2D eigenvalue weighted by Gasteiger charge is 2.36. The highest BCUT2D eigenvalue weighted by Crippen LogP contribution is 2.38. The van der Waals surface area contributed by atoms with Crippen LogP contribution in [0, 0.1) is 11.8 Å². The lowest BCUT2D eigenvalue weighted by Gasteiger charge is -2.23. The quantitative estimate of drug-likeness (QED) is 0.905. The third-order valence-corrected chi connectivity index (χ3v) is 5.10. The molecule has 2 fully saturated rings. The molecule has 116 valence electrons. The summed E-state index contributed by atoms with van der Waals surface area (Å²) in [4.78, 5) is 2.53. The number of rotatable bonds is 5. The van der Waals surface area contributed by atoms with Crippen molar-refractivity contribution in [3.05, 3.63) is 23.8 Å². The van der Waals surface area contributed by atoms with E-state index in [1.54, 1.807) is 14.2 Å². The molecule has 1 aromatic carbocycles. The van der Waals surface area contributed by atoms with Gasteiger partial charge in [-0.3, -0.25) is 0 Å². The number of nitrogens with zero attached hydrogens (tertiary/aromatic N) is 1. The highest BCUT2D eigenvalue weighted by molar-refractivity contribution is 5.42. The highest BCUT2D eigenvalue weighted by atomic mass is 16.5. The van der Waals surface area contributed by atoms with Crippen molar-refractivity contribution < 1.29 is 9.47 Å². The average molecular weight is 290 g/mol. The van der Waals surface area contributed by atoms with E-state index in [2.05, 4.69) is 4.90 Å². The molecule has 1 saturated heterocycles. The van der Waals surface area contributed by atoms with Gasteiger partial charge in [-0.2, -0.15) is 0 Å². The summed E-state index contributed by atoms with van der Waals surface area (Å²) < 4.78 is 10.7. The fraction of sp³-hybridized carbons (Fsp3) is 0.647. The van der Waals surface area contributed by atoms with Crippen molar-refractivity contribution in [3.8, 4) is 11.5 Å². The van der Waals surface area contributed by atoms with Crippen LogP contribution in [0.1, 0.15) is 30.9 Å². The third kappa shape index (κ3) is 3.01. The zero-order chi connectivity index (χ0) is 14.8. The van der Waals surface area contributed by atoms with Crippen LogP contribution in [0.25, 0.3) is 0 Å². The molecule has 1 heterocycles. The molecule has 1 saturated carbocycles. The van der Waals surface area contributed by atoms with Gasteiger partial charge in [0.25, 0.3) is 0 Å². The first-order valence-electron chi connectivity index (χ1n) is 7.91. The first-order chi connectivity index (χ1) is 10.2. The van der Waals surface area contributed by atoms with Gasteiger partial charge in [0.1, 0.15) is 11.5 Å². The van der Waals surface area contributed by atoms with Gasteiger partial charge in [-0.25, -0.2) is 0 Å². The molecular weight excluding hydrogens is 264 g/mol. The number of hydrogen-bond acceptors (Lipinski definition) is 4. The Bertz CT molecular complexity index is 480. The number of hydrogen-bond donors (Lipinski definition) is 1. The van der Waals surface area contributed by atoms with Crippen LogP contribution >= 0.6 is 0 Å². The molecule has 0 spiro atoms. The molecule has 4 heteroatoms. The van der Waals surface area contributed by atoms with Gasteiger partial charge in [0.2, 0.25) is 0 Å². The Morgan fingerprint density at radius 1 is 1.19 bits per heavy atom. The first kappa shape index (κ1) is 14.7. The lowest BCUT2D eigenvalue weighted by atomic mass is 10.0. The molecule has 3 unspecified atom stereocenters. The SMILES string of the molecule is COc1ccc(C(N)CN2CC3CCCC3C2)c(OC)c1. The summed E-state index contributed by atoms with van der Waals surface area (Å²) in [5, 5.41) is 0. The van der Waals surface area contributed by atoms with Crippen molar-refractivity contribution in [3.63, 3.8) is 0 Å². The lowest BCUT2D eigenvalue weighted by molar-refractivity contribution is 0.288. The van der Waals surface area contributed by atoms with Crippen LogP contribution in [0.4, 0.5) is 0 Å². The Labute approximate surface area is 127 Å². The summed E-state index contributed by atoms with van der Waals surface area (Å²) in [6.07, 6.45) is 4.23. The molecule has 0 radical (unpaired) electrons. The molecule has 1 aliphatic carbocycles. The van der Waals surface area contributed by atoms with E-state index >= 15 is 0 Å². The molecule has 1 aromatic rings. The Morgan fingerprint density at radius 2 is 1.90 bits per heavy atom. The van der Waals surface area contributed by atoms with E-state index in [-0.39, 0.29) is 6.04 Å². The maximum atomic E-state index is 6.43. The van der Waals surface area contributed by atoms with Gasteiger partial charge < -0.3 is 20.1 Å². The normalized spacial score (nSPS) is 26.6. The zero-order valence-electron chi connectivity index (χ0n) is 13.0. The monoisotopic (exact) mass is 290 g/mol. The minimum atomic E-state index is -0.00955. The van der Waals surface area contributed by atoms with Crippen molar-refractivity contribution in [1.82, 2.24) is 4.90 Å². The van der Waals surface area contributed by atoms with Crippen LogP contribution in [0.3, 0.4) is 0 Å². The van der Waals surface area contributed by atoms with E-state index in [1.165, 1.54) is 32.4 Å². The molecule has 2 N–H and O–H groups in total. The maximum Gasteiger partial charge on any atom is 0.127 e. The Kier molecular flexibility index (Phi) is 4.36. The molecule has 0 bridgehead atoms. The number of ether oxygens (including phenoxy) is 2. The Morgan fingerprint density at radius 3 is 2.52 bits per heavy atom. The molecule has 21 heavy (non-hydrogen) atoms. The number of fused-ring (bicyclic) bond motifs is 1. The molecule has 2 aliphatic rings. The fourth-order valence-electron chi connectivity index (χ4n) is 3.98. The number of methoxy groups -OCH3 is 2. The molecule has 0 amide bonds. The minimum Gasteiger partial charge on any atom is -0.497 e. The maximum absolute atomic E-state index is 6.43. The Hall–Kier alpha value is -1.26. The van der Waals surface area contributed by atoms with E-state index in [1.807, 2.05) is 18.2 Å². The van der Waals surface area contributed by atoms with Gasteiger partial charge in [-0.05, 0) is 30.7 Å². The van der Waals surface area contributed by atoms with Crippen molar-refractivity contribution in [2.45, 2.75) is 25.3 Å². The lowest BCUT2D eigenvalue weighted by Crippen LogP contribution is -2.31. The first-order valence-corrected chi connectivity index (χ1v) is 7.91. The van der Waals surface area contributed by atoms with Crippen molar-refractivity contribution in [2.75, 3.05) is 33.9 Å². The van der Waals surface area contributed by atoms with Crippen molar-refractivity contribution in [1.29, 1.82) is 0 Å². The summed E-state index contributed by atoms with van der Waals surface area (Å²) in [5.41, 5.74) is 7.50. The third-order valence-electron chi connectivity index (χ3n) is 5.10. The van der Waals surface area contributed by atoms with E-state index in [0.29, 0.717) is 0 Å². The molecule has 1 aliphatic heterocycles. The van der Waals surface area contributed by atoms with E-state index < -0.39 is 0 Å². The largest absolute Gasteiger partial charge is 0.497 e. The van der Waals surface area contributed by atoms with Crippen molar-refractivity contribution in [2.24, 2.45) is 17.6 Å². The standard InChI is InChI=1S/C17H26N2O2/c1-20-14-6-7-15(17(8-14)21-2)16(18)11-19-9-12-4-3-5-13(12)10-19/h6-8,12-13,16H,3-5,9-11,18H2,1-2H3. The van der Waals surface area contributed by atoms with Gasteiger partial charge in [0, 0.05) is 37.3 Å². The summed E-state index contributed by atoms with van der Waals surface area (Å²) in [6, 6.07) is 5.88. The average Bonchev–Trinajstić information content (AvgIpc) is 3.07. The predicted octanol–water partition coefficient (Wildman–Crippen LogP) is 2.44. The summed E-state index contributed by atoms with van der Waals surface area (Å²) in [5.74, 6) is 3.45. The van der Waals surface area contributed by atoms with E-state index in [4.69, 9.17) is 15.2 Å². The molecule has 3 atom stereocenters. The van der Waals surface area contributed by atoms with Crippen LogP contribution in [-0.4, -0.2) is 38.8 Å². The predicted molar refractivity (Wildman–Crippen MR) is 83.7 cm³/mol. The van der Waals surface area contributed by atoms with Gasteiger partial charge in [-0.1, -0.05) is 12.5 Å². The van der Waals surface area contributed by atoms with Crippen LogP contribution in [-0.2, 0) is 0 Å². The number of nitrogens with two attached hydrogens (primary N) is 1. The minimum absolute atomic E-state index is 0.00955. The Balaban J connectivity index is 1.66. The molecule has 3 rings (SSSR count). The van der Waals surface area contributed by atoms with Crippen LogP contribution < -0.4 is 15.2 Å². The van der Waals surface area contributed by atoms with Gasteiger partial charge >= 0.3 is 0 Å². The molecular formula is C17H26N2O2.